The first kappa shape index (κ1) is 16.3. The number of hydrogen-bond donors (Lipinski definition) is 1. The number of halogens is 1. The van der Waals surface area contributed by atoms with E-state index in [0.29, 0.717) is 17.3 Å². The van der Waals surface area contributed by atoms with Crippen LogP contribution in [0.5, 0.6) is 0 Å². The van der Waals surface area contributed by atoms with Gasteiger partial charge in [-0.2, -0.15) is 0 Å². The Balaban J connectivity index is 1.81. The zero-order valence-corrected chi connectivity index (χ0v) is 13.9. The van der Waals surface area contributed by atoms with E-state index < -0.39 is 0 Å². The first-order valence-electron chi connectivity index (χ1n) is 7.58. The number of benzene rings is 2. The number of amides is 2. The molecule has 1 N–H and O–H groups in total. The van der Waals surface area contributed by atoms with Crippen LogP contribution in [-0.4, -0.2) is 25.7 Å². The largest absolute Gasteiger partial charge is 0.469 e. The highest BCUT2D eigenvalue weighted by molar-refractivity contribution is 6.30. The molecule has 0 bridgehead atoms. The van der Waals surface area contributed by atoms with Gasteiger partial charge in [-0.1, -0.05) is 35.9 Å². The van der Waals surface area contributed by atoms with Gasteiger partial charge in [-0.25, -0.2) is 4.79 Å². The van der Waals surface area contributed by atoms with Crippen LogP contribution in [0.4, 0.5) is 16.2 Å². The van der Waals surface area contributed by atoms with Crippen LogP contribution in [0.1, 0.15) is 17.9 Å². The van der Waals surface area contributed by atoms with Crippen molar-refractivity contribution in [2.24, 2.45) is 0 Å². The number of carbonyl (C=O) groups excluding carboxylic acids is 2. The predicted octanol–water partition coefficient (Wildman–Crippen LogP) is 4.04. The number of methoxy groups -OCH3 is 1. The zero-order chi connectivity index (χ0) is 17.1. The SMILES string of the molecule is COC(=O)CC1CN(C(=O)Nc2cccc(Cl)c2)c2ccccc21. The molecule has 0 radical (unpaired) electrons. The van der Waals surface area contributed by atoms with Crippen LogP contribution in [0.15, 0.2) is 48.5 Å². The number of esters is 1. The molecule has 0 saturated heterocycles. The van der Waals surface area contributed by atoms with Crippen molar-refractivity contribution in [2.45, 2.75) is 12.3 Å². The lowest BCUT2D eigenvalue weighted by molar-refractivity contribution is -0.141. The summed E-state index contributed by atoms with van der Waals surface area (Å²) in [6, 6.07) is 14.3. The minimum atomic E-state index is -0.285. The average molecular weight is 345 g/mol. The van der Waals surface area contributed by atoms with E-state index in [0.717, 1.165) is 11.3 Å². The third-order valence-corrected chi connectivity index (χ3v) is 4.27. The lowest BCUT2D eigenvalue weighted by Gasteiger charge is -2.18. The highest BCUT2D eigenvalue weighted by Gasteiger charge is 2.33. The molecule has 0 saturated carbocycles. The topological polar surface area (TPSA) is 58.6 Å². The Labute approximate surface area is 145 Å². The zero-order valence-electron chi connectivity index (χ0n) is 13.2. The van der Waals surface area contributed by atoms with Crippen LogP contribution in [-0.2, 0) is 9.53 Å². The molecule has 5 nitrogen and oxygen atoms in total. The van der Waals surface area contributed by atoms with Gasteiger partial charge in [0.2, 0.25) is 0 Å². The summed E-state index contributed by atoms with van der Waals surface area (Å²) in [5, 5.41) is 3.39. The summed E-state index contributed by atoms with van der Waals surface area (Å²) in [5.41, 5.74) is 2.41. The second-order valence-corrected chi connectivity index (χ2v) is 6.02. The van der Waals surface area contributed by atoms with E-state index in [-0.39, 0.29) is 24.3 Å². The van der Waals surface area contributed by atoms with E-state index in [1.165, 1.54) is 7.11 Å². The molecule has 1 unspecified atom stereocenters. The molecule has 1 heterocycles. The molecular formula is C18H17ClN2O3. The van der Waals surface area contributed by atoms with Crippen molar-refractivity contribution in [1.82, 2.24) is 0 Å². The van der Waals surface area contributed by atoms with Crippen molar-refractivity contribution in [2.75, 3.05) is 23.9 Å². The highest BCUT2D eigenvalue weighted by Crippen LogP contribution is 2.38. The summed E-state index contributed by atoms with van der Waals surface area (Å²) < 4.78 is 4.76. The Hall–Kier alpha value is -2.53. The number of para-hydroxylation sites is 1. The fourth-order valence-electron chi connectivity index (χ4n) is 2.90. The Morgan fingerprint density at radius 2 is 2.04 bits per heavy atom. The standard InChI is InChI=1S/C18H17ClN2O3/c1-24-17(22)9-12-11-21(16-8-3-2-7-15(12)16)18(23)20-14-6-4-5-13(19)10-14/h2-8,10,12H,9,11H2,1H3,(H,20,23). The number of carbonyl (C=O) groups is 2. The molecule has 2 amide bonds. The van der Waals surface area contributed by atoms with Gasteiger partial charge in [-0.15, -0.1) is 0 Å². The van der Waals surface area contributed by atoms with Gasteiger partial charge in [0.05, 0.1) is 13.5 Å². The molecule has 1 atom stereocenters. The van der Waals surface area contributed by atoms with Crippen molar-refractivity contribution >= 4 is 35.0 Å². The molecule has 3 rings (SSSR count). The third-order valence-electron chi connectivity index (χ3n) is 4.03. The lowest BCUT2D eigenvalue weighted by Crippen LogP contribution is -2.34. The molecule has 0 fully saturated rings. The molecule has 1 aliphatic heterocycles. The maximum absolute atomic E-state index is 12.6. The average Bonchev–Trinajstić information content (AvgIpc) is 2.94. The molecule has 6 heteroatoms. The Morgan fingerprint density at radius 1 is 1.25 bits per heavy atom. The smallest absolute Gasteiger partial charge is 0.326 e. The van der Waals surface area contributed by atoms with E-state index in [2.05, 4.69) is 5.32 Å². The van der Waals surface area contributed by atoms with E-state index in [1.807, 2.05) is 24.3 Å². The van der Waals surface area contributed by atoms with Crippen molar-refractivity contribution in [1.29, 1.82) is 0 Å². The van der Waals surface area contributed by atoms with E-state index in [9.17, 15) is 9.59 Å². The number of anilines is 2. The molecule has 1 aliphatic rings. The minimum Gasteiger partial charge on any atom is -0.469 e. The van der Waals surface area contributed by atoms with Gasteiger partial charge in [-0.3, -0.25) is 9.69 Å². The number of fused-ring (bicyclic) bond motifs is 1. The normalized spacial score (nSPS) is 15.8. The summed E-state index contributed by atoms with van der Waals surface area (Å²) in [7, 11) is 1.37. The Morgan fingerprint density at radius 3 is 2.79 bits per heavy atom. The van der Waals surface area contributed by atoms with Gasteiger partial charge in [0, 0.05) is 28.9 Å². The number of nitrogens with one attached hydrogen (secondary N) is 1. The van der Waals surface area contributed by atoms with Crippen molar-refractivity contribution < 1.29 is 14.3 Å². The molecule has 124 valence electrons. The first-order chi connectivity index (χ1) is 11.6. The summed E-state index contributed by atoms with van der Waals surface area (Å²) in [5.74, 6) is -0.356. The molecule has 2 aromatic rings. The molecule has 0 aromatic heterocycles. The van der Waals surface area contributed by atoms with E-state index in [4.69, 9.17) is 16.3 Å². The molecule has 0 spiro atoms. The third kappa shape index (κ3) is 3.36. The van der Waals surface area contributed by atoms with E-state index >= 15 is 0 Å². The summed E-state index contributed by atoms with van der Waals surface area (Å²) >= 11 is 5.95. The van der Waals surface area contributed by atoms with Gasteiger partial charge in [-0.05, 0) is 29.8 Å². The maximum atomic E-state index is 12.6. The predicted molar refractivity (Wildman–Crippen MR) is 93.6 cm³/mol. The number of rotatable bonds is 3. The number of urea groups is 1. The van der Waals surface area contributed by atoms with Gasteiger partial charge < -0.3 is 10.1 Å². The fourth-order valence-corrected chi connectivity index (χ4v) is 3.09. The minimum absolute atomic E-state index is 0.0706. The number of nitrogens with zero attached hydrogens (tertiary/aromatic N) is 1. The summed E-state index contributed by atoms with van der Waals surface area (Å²) in [6.07, 6.45) is 0.245. The lowest BCUT2D eigenvalue weighted by atomic mass is 9.98. The second kappa shape index (κ2) is 6.93. The summed E-state index contributed by atoms with van der Waals surface area (Å²) in [4.78, 5) is 25.9. The van der Waals surface area contributed by atoms with Crippen molar-refractivity contribution in [3.8, 4) is 0 Å². The fraction of sp³-hybridized carbons (Fsp3) is 0.222. The van der Waals surface area contributed by atoms with Gasteiger partial charge in [0.1, 0.15) is 0 Å². The quantitative estimate of drug-likeness (QED) is 0.855. The van der Waals surface area contributed by atoms with Crippen LogP contribution in [0, 0.1) is 0 Å². The highest BCUT2D eigenvalue weighted by atomic mass is 35.5. The van der Waals surface area contributed by atoms with Gasteiger partial charge >= 0.3 is 12.0 Å². The van der Waals surface area contributed by atoms with Crippen LogP contribution >= 0.6 is 11.6 Å². The maximum Gasteiger partial charge on any atom is 0.326 e. The van der Waals surface area contributed by atoms with E-state index in [1.54, 1.807) is 29.2 Å². The van der Waals surface area contributed by atoms with Crippen LogP contribution in [0.25, 0.3) is 0 Å². The molecule has 2 aromatic carbocycles. The molecular weight excluding hydrogens is 328 g/mol. The number of hydrogen-bond acceptors (Lipinski definition) is 3. The van der Waals surface area contributed by atoms with Crippen molar-refractivity contribution in [3.63, 3.8) is 0 Å². The Kier molecular flexibility index (Phi) is 4.71. The second-order valence-electron chi connectivity index (χ2n) is 5.59. The van der Waals surface area contributed by atoms with Crippen LogP contribution < -0.4 is 10.2 Å². The summed E-state index contributed by atoms with van der Waals surface area (Å²) in [6.45, 7) is 0.431. The first-order valence-corrected chi connectivity index (χ1v) is 7.96. The van der Waals surface area contributed by atoms with Crippen molar-refractivity contribution in [3.05, 3.63) is 59.1 Å². The number of ether oxygens (including phenoxy) is 1. The van der Waals surface area contributed by atoms with Crippen LogP contribution in [0.2, 0.25) is 5.02 Å². The van der Waals surface area contributed by atoms with Gasteiger partial charge in [0.15, 0.2) is 0 Å². The Bertz CT molecular complexity index is 778. The van der Waals surface area contributed by atoms with Gasteiger partial charge in [0.25, 0.3) is 0 Å². The van der Waals surface area contributed by atoms with Crippen LogP contribution in [0.3, 0.4) is 0 Å². The molecule has 24 heavy (non-hydrogen) atoms. The monoisotopic (exact) mass is 344 g/mol. The molecule has 0 aliphatic carbocycles.